The third-order valence-electron chi connectivity index (χ3n) is 3.24. The van der Waals surface area contributed by atoms with Crippen LogP contribution in [0.3, 0.4) is 0 Å². The molecule has 0 saturated heterocycles. The van der Waals surface area contributed by atoms with Crippen LogP contribution in [-0.2, 0) is 6.18 Å². The molecule has 2 nitrogen and oxygen atoms in total. The van der Waals surface area contributed by atoms with Crippen molar-refractivity contribution in [1.82, 2.24) is 0 Å². The van der Waals surface area contributed by atoms with Crippen LogP contribution >= 0.6 is 0 Å². The maximum Gasteiger partial charge on any atom is 0.417 e. The van der Waals surface area contributed by atoms with E-state index in [2.05, 4.69) is 0 Å². The number of nitrogens with zero attached hydrogens (tertiary/aromatic N) is 1. The Hall–Kier alpha value is -2.44. The van der Waals surface area contributed by atoms with Gasteiger partial charge in [-0.25, -0.2) is 8.78 Å². The van der Waals surface area contributed by atoms with E-state index in [-0.39, 0.29) is 12.2 Å². The zero-order chi connectivity index (χ0) is 17.2. The lowest BCUT2D eigenvalue weighted by atomic mass is 10.1. The Labute approximate surface area is 129 Å². The maximum absolute atomic E-state index is 13.3. The van der Waals surface area contributed by atoms with Gasteiger partial charge in [0.25, 0.3) is 5.91 Å². The minimum Gasteiger partial charge on any atom is -0.309 e. The van der Waals surface area contributed by atoms with Gasteiger partial charge in [-0.2, -0.15) is 13.2 Å². The highest BCUT2D eigenvalue weighted by Gasteiger charge is 2.36. The minimum absolute atomic E-state index is 0.00387. The molecular formula is C16H12F5NO. The Kier molecular flexibility index (Phi) is 4.68. The van der Waals surface area contributed by atoms with Gasteiger partial charge in [-0.1, -0.05) is 12.1 Å². The fraction of sp³-hybridized carbons (Fsp3) is 0.188. The first-order valence-corrected chi connectivity index (χ1v) is 6.68. The number of anilines is 1. The Bertz CT molecular complexity index is 727. The second kappa shape index (κ2) is 6.36. The summed E-state index contributed by atoms with van der Waals surface area (Å²) >= 11 is 0. The van der Waals surface area contributed by atoms with E-state index in [1.54, 1.807) is 0 Å². The summed E-state index contributed by atoms with van der Waals surface area (Å²) in [5.41, 5.74) is -1.65. The van der Waals surface area contributed by atoms with Gasteiger partial charge in [-0.15, -0.1) is 0 Å². The summed E-state index contributed by atoms with van der Waals surface area (Å²) in [6.07, 6.45) is -4.69. The largest absolute Gasteiger partial charge is 0.417 e. The summed E-state index contributed by atoms with van der Waals surface area (Å²) in [6, 6.07) is 7.05. The lowest BCUT2D eigenvalue weighted by molar-refractivity contribution is -0.137. The van der Waals surface area contributed by atoms with Gasteiger partial charge >= 0.3 is 6.18 Å². The molecule has 0 N–H and O–H groups in total. The fourth-order valence-corrected chi connectivity index (χ4v) is 2.16. The second-order valence-corrected chi connectivity index (χ2v) is 4.69. The standard InChI is InChI=1S/C16H12F5NO/c1-2-22(10-7-8-13(17)14(18)9-10)15(23)11-5-3-4-6-12(11)16(19,20)21/h3-9H,2H2,1H3. The molecule has 122 valence electrons. The van der Waals surface area contributed by atoms with Gasteiger partial charge in [-0.05, 0) is 31.2 Å². The quantitative estimate of drug-likeness (QED) is 0.751. The van der Waals surface area contributed by atoms with Crippen LogP contribution in [0.15, 0.2) is 42.5 Å². The first-order chi connectivity index (χ1) is 10.8. The summed E-state index contributed by atoms with van der Waals surface area (Å²) in [5.74, 6) is -3.22. The second-order valence-electron chi connectivity index (χ2n) is 4.69. The summed E-state index contributed by atoms with van der Waals surface area (Å²) < 4.78 is 65.3. The van der Waals surface area contributed by atoms with Crippen molar-refractivity contribution in [2.24, 2.45) is 0 Å². The van der Waals surface area contributed by atoms with E-state index < -0.39 is 34.8 Å². The molecule has 0 aliphatic heterocycles. The van der Waals surface area contributed by atoms with Gasteiger partial charge in [-0.3, -0.25) is 4.79 Å². The highest BCUT2D eigenvalue weighted by Crippen LogP contribution is 2.33. The lowest BCUT2D eigenvalue weighted by Crippen LogP contribution is -2.32. The maximum atomic E-state index is 13.3. The number of carbonyl (C=O) groups is 1. The van der Waals surface area contributed by atoms with Crippen molar-refractivity contribution in [3.05, 3.63) is 65.2 Å². The van der Waals surface area contributed by atoms with E-state index >= 15 is 0 Å². The molecule has 7 heteroatoms. The van der Waals surface area contributed by atoms with Crippen molar-refractivity contribution < 1.29 is 26.7 Å². The van der Waals surface area contributed by atoms with Gasteiger partial charge in [0.15, 0.2) is 11.6 Å². The van der Waals surface area contributed by atoms with Crippen molar-refractivity contribution in [3.8, 4) is 0 Å². The van der Waals surface area contributed by atoms with Crippen molar-refractivity contribution in [1.29, 1.82) is 0 Å². The van der Waals surface area contributed by atoms with Gasteiger partial charge in [0, 0.05) is 18.3 Å². The molecule has 2 aromatic rings. The zero-order valence-corrected chi connectivity index (χ0v) is 12.0. The normalized spacial score (nSPS) is 11.4. The molecule has 0 radical (unpaired) electrons. The molecule has 0 spiro atoms. The van der Waals surface area contributed by atoms with Crippen molar-refractivity contribution in [2.75, 3.05) is 11.4 Å². The van der Waals surface area contributed by atoms with E-state index in [1.165, 1.54) is 19.1 Å². The first kappa shape index (κ1) is 16.9. The molecule has 0 unspecified atom stereocenters. The van der Waals surface area contributed by atoms with Crippen LogP contribution in [0.1, 0.15) is 22.8 Å². The van der Waals surface area contributed by atoms with Crippen LogP contribution in [0.4, 0.5) is 27.6 Å². The summed E-state index contributed by atoms with van der Waals surface area (Å²) in [5, 5.41) is 0. The number of hydrogen-bond donors (Lipinski definition) is 0. The van der Waals surface area contributed by atoms with Crippen LogP contribution in [0, 0.1) is 11.6 Å². The molecule has 0 atom stereocenters. The van der Waals surface area contributed by atoms with E-state index in [0.717, 1.165) is 35.2 Å². The number of hydrogen-bond acceptors (Lipinski definition) is 1. The molecule has 0 aliphatic rings. The zero-order valence-electron chi connectivity index (χ0n) is 12.0. The Balaban J connectivity index is 2.47. The number of rotatable bonds is 3. The van der Waals surface area contributed by atoms with Crippen molar-refractivity contribution in [3.63, 3.8) is 0 Å². The molecule has 1 amide bonds. The third-order valence-corrected chi connectivity index (χ3v) is 3.24. The average molecular weight is 329 g/mol. The SMILES string of the molecule is CCN(C(=O)c1ccccc1C(F)(F)F)c1ccc(F)c(F)c1. The Morgan fingerprint density at radius 2 is 1.70 bits per heavy atom. The molecule has 23 heavy (non-hydrogen) atoms. The lowest BCUT2D eigenvalue weighted by Gasteiger charge is -2.23. The number of benzene rings is 2. The Morgan fingerprint density at radius 1 is 1.04 bits per heavy atom. The average Bonchev–Trinajstić information content (AvgIpc) is 2.50. The van der Waals surface area contributed by atoms with E-state index in [9.17, 15) is 26.7 Å². The Morgan fingerprint density at radius 3 is 2.26 bits per heavy atom. The molecule has 0 bridgehead atoms. The molecule has 0 saturated carbocycles. The van der Waals surface area contributed by atoms with Crippen LogP contribution in [-0.4, -0.2) is 12.5 Å². The first-order valence-electron chi connectivity index (χ1n) is 6.68. The summed E-state index contributed by atoms with van der Waals surface area (Å²) in [4.78, 5) is 13.4. The third kappa shape index (κ3) is 3.49. The molecule has 0 fully saturated rings. The van der Waals surface area contributed by atoms with Crippen LogP contribution < -0.4 is 4.90 Å². The molecule has 2 aromatic carbocycles. The van der Waals surface area contributed by atoms with Crippen molar-refractivity contribution >= 4 is 11.6 Å². The molecule has 2 rings (SSSR count). The van der Waals surface area contributed by atoms with Crippen LogP contribution in [0.25, 0.3) is 0 Å². The van der Waals surface area contributed by atoms with E-state index in [4.69, 9.17) is 0 Å². The van der Waals surface area contributed by atoms with E-state index in [1.807, 2.05) is 0 Å². The van der Waals surface area contributed by atoms with Crippen molar-refractivity contribution in [2.45, 2.75) is 13.1 Å². The number of amides is 1. The molecule has 0 heterocycles. The number of carbonyl (C=O) groups excluding carboxylic acids is 1. The fourth-order valence-electron chi connectivity index (χ4n) is 2.16. The monoisotopic (exact) mass is 329 g/mol. The van der Waals surface area contributed by atoms with Gasteiger partial charge < -0.3 is 4.90 Å². The van der Waals surface area contributed by atoms with E-state index in [0.29, 0.717) is 0 Å². The van der Waals surface area contributed by atoms with Gasteiger partial charge in [0.05, 0.1) is 11.1 Å². The highest BCUT2D eigenvalue weighted by molar-refractivity contribution is 6.07. The molecule has 0 aliphatic carbocycles. The number of alkyl halides is 3. The predicted octanol–water partition coefficient (Wildman–Crippen LogP) is 4.65. The molecule has 0 aromatic heterocycles. The van der Waals surface area contributed by atoms with Gasteiger partial charge in [0.1, 0.15) is 0 Å². The smallest absolute Gasteiger partial charge is 0.309 e. The predicted molar refractivity (Wildman–Crippen MR) is 75.2 cm³/mol. The van der Waals surface area contributed by atoms with Crippen LogP contribution in [0.2, 0.25) is 0 Å². The van der Waals surface area contributed by atoms with Gasteiger partial charge in [0.2, 0.25) is 0 Å². The topological polar surface area (TPSA) is 20.3 Å². The van der Waals surface area contributed by atoms with Crippen LogP contribution in [0.5, 0.6) is 0 Å². The summed E-state index contributed by atoms with van der Waals surface area (Å²) in [6.45, 7) is 1.52. The molecular weight excluding hydrogens is 317 g/mol. The number of halogens is 5. The summed E-state index contributed by atoms with van der Waals surface area (Å²) in [7, 11) is 0. The highest BCUT2D eigenvalue weighted by atomic mass is 19.4. The minimum atomic E-state index is -4.69.